The minimum Gasteiger partial charge on any atom is -0.486 e. The molecule has 2 aliphatic rings. The minimum atomic E-state index is 0. The van der Waals surface area contributed by atoms with Crippen LogP contribution in [0.5, 0.6) is 5.75 Å². The van der Waals surface area contributed by atoms with Gasteiger partial charge in [0.2, 0.25) is 5.91 Å². The number of carbonyl (C=O) groups is 1. The molecule has 154 valence electrons. The zero-order valence-corrected chi connectivity index (χ0v) is 18.5. The summed E-state index contributed by atoms with van der Waals surface area (Å²) in [7, 11) is 0. The van der Waals surface area contributed by atoms with E-state index in [2.05, 4.69) is 15.2 Å². The molecule has 0 saturated carbocycles. The Labute approximate surface area is 186 Å². The van der Waals surface area contributed by atoms with Gasteiger partial charge < -0.3 is 15.0 Å². The number of ether oxygens (including phenoxy) is 1. The molecule has 2 fully saturated rings. The van der Waals surface area contributed by atoms with Crippen LogP contribution in [-0.4, -0.2) is 41.0 Å². The highest BCUT2D eigenvalue weighted by Crippen LogP contribution is 2.28. The van der Waals surface area contributed by atoms with Gasteiger partial charge in [-0.2, -0.15) is 0 Å². The van der Waals surface area contributed by atoms with Gasteiger partial charge in [0.1, 0.15) is 17.4 Å². The van der Waals surface area contributed by atoms with Crippen molar-refractivity contribution >= 4 is 53.7 Å². The van der Waals surface area contributed by atoms with Crippen LogP contribution >= 0.6 is 47.8 Å². The van der Waals surface area contributed by atoms with E-state index in [0.29, 0.717) is 30.1 Å². The summed E-state index contributed by atoms with van der Waals surface area (Å²) in [6, 6.07) is 8.02. The Bertz CT molecular complexity index is 758. The molecule has 3 heterocycles. The van der Waals surface area contributed by atoms with Crippen molar-refractivity contribution in [3.05, 3.63) is 45.4 Å². The number of hydrogen-bond acceptors (Lipinski definition) is 5. The zero-order chi connectivity index (χ0) is 17.9. The second kappa shape index (κ2) is 10.6. The fraction of sp³-hybridized carbons (Fsp3) is 0.474. The van der Waals surface area contributed by atoms with Crippen LogP contribution in [0, 0.1) is 0 Å². The van der Waals surface area contributed by atoms with Crippen LogP contribution in [0.3, 0.4) is 0 Å². The Morgan fingerprint density at radius 2 is 1.96 bits per heavy atom. The topological polar surface area (TPSA) is 54.5 Å². The number of carbonyl (C=O) groups excluding carboxylic acids is 1. The van der Waals surface area contributed by atoms with Gasteiger partial charge >= 0.3 is 0 Å². The Balaban J connectivity index is 0.00000140. The van der Waals surface area contributed by atoms with Gasteiger partial charge in [-0.05, 0) is 50.1 Å². The quantitative estimate of drug-likeness (QED) is 0.723. The number of aromatic nitrogens is 1. The first-order valence-electron chi connectivity index (χ1n) is 9.02. The van der Waals surface area contributed by atoms with Gasteiger partial charge in [-0.15, -0.1) is 36.2 Å². The summed E-state index contributed by atoms with van der Waals surface area (Å²) in [5.41, 5.74) is 0.839. The van der Waals surface area contributed by atoms with Gasteiger partial charge in [-0.25, -0.2) is 4.98 Å². The second-order valence-corrected chi connectivity index (χ2v) is 8.21. The molecular formula is C19H24Cl3N3O2S. The first-order valence-corrected chi connectivity index (χ1v) is 10.3. The lowest BCUT2D eigenvalue weighted by atomic mass is 10.1. The molecule has 9 heteroatoms. The molecule has 2 aliphatic heterocycles. The van der Waals surface area contributed by atoms with Gasteiger partial charge in [0.15, 0.2) is 0 Å². The molecule has 28 heavy (non-hydrogen) atoms. The minimum absolute atomic E-state index is 0. The highest BCUT2D eigenvalue weighted by molar-refractivity contribution is 7.09. The summed E-state index contributed by atoms with van der Waals surface area (Å²) in [6.07, 6.45) is 3.68. The number of thiazole rings is 1. The normalized spacial score (nSPS) is 20.7. The highest BCUT2D eigenvalue weighted by atomic mass is 35.5. The van der Waals surface area contributed by atoms with Crippen LogP contribution in [0.1, 0.15) is 30.0 Å². The monoisotopic (exact) mass is 463 g/mol. The number of rotatable bonds is 5. The third-order valence-corrected chi connectivity index (χ3v) is 6.17. The summed E-state index contributed by atoms with van der Waals surface area (Å²) in [6.45, 7) is 2.33. The lowest BCUT2D eigenvalue weighted by molar-refractivity contribution is -0.133. The maximum atomic E-state index is 12.8. The van der Waals surface area contributed by atoms with E-state index in [1.165, 1.54) is 11.3 Å². The molecule has 2 saturated heterocycles. The van der Waals surface area contributed by atoms with Gasteiger partial charge in [-0.1, -0.05) is 11.6 Å². The molecule has 2 aromatic rings. The van der Waals surface area contributed by atoms with Crippen LogP contribution in [0.4, 0.5) is 0 Å². The number of amides is 1. The molecule has 1 aromatic carbocycles. The van der Waals surface area contributed by atoms with E-state index in [1.807, 2.05) is 17.5 Å². The Morgan fingerprint density at radius 1 is 1.21 bits per heavy atom. The summed E-state index contributed by atoms with van der Waals surface area (Å²) < 4.78 is 5.73. The fourth-order valence-corrected chi connectivity index (χ4v) is 4.64. The van der Waals surface area contributed by atoms with Crippen molar-refractivity contribution in [3.8, 4) is 5.75 Å². The van der Waals surface area contributed by atoms with E-state index in [9.17, 15) is 4.79 Å². The summed E-state index contributed by atoms with van der Waals surface area (Å²) in [5, 5.41) is 6.97. The maximum absolute atomic E-state index is 12.8. The van der Waals surface area contributed by atoms with Crippen LogP contribution in [0.25, 0.3) is 0 Å². The van der Waals surface area contributed by atoms with Crippen molar-refractivity contribution < 1.29 is 9.53 Å². The van der Waals surface area contributed by atoms with E-state index >= 15 is 0 Å². The molecular weight excluding hydrogens is 441 g/mol. The van der Waals surface area contributed by atoms with Gasteiger partial charge in [-0.3, -0.25) is 4.79 Å². The molecule has 4 rings (SSSR count). The second-order valence-electron chi connectivity index (χ2n) is 6.83. The van der Waals surface area contributed by atoms with Crippen LogP contribution in [-0.2, 0) is 17.8 Å². The average molecular weight is 465 g/mol. The summed E-state index contributed by atoms with van der Waals surface area (Å²) in [4.78, 5) is 19.5. The fourth-order valence-electron chi connectivity index (χ4n) is 3.81. The van der Waals surface area contributed by atoms with Crippen molar-refractivity contribution in [1.82, 2.24) is 15.2 Å². The van der Waals surface area contributed by atoms with E-state index in [1.54, 1.807) is 12.1 Å². The van der Waals surface area contributed by atoms with Crippen LogP contribution < -0.4 is 10.1 Å². The van der Waals surface area contributed by atoms with Gasteiger partial charge in [0.25, 0.3) is 0 Å². The van der Waals surface area contributed by atoms with Crippen molar-refractivity contribution in [3.63, 3.8) is 0 Å². The zero-order valence-electron chi connectivity index (χ0n) is 15.3. The number of nitrogens with zero attached hydrogens (tertiary/aromatic N) is 2. The molecule has 1 N–H and O–H groups in total. The highest BCUT2D eigenvalue weighted by Gasteiger charge is 2.37. The van der Waals surface area contributed by atoms with Crippen molar-refractivity contribution in [1.29, 1.82) is 0 Å². The molecule has 0 aliphatic carbocycles. The van der Waals surface area contributed by atoms with E-state index < -0.39 is 0 Å². The van der Waals surface area contributed by atoms with Gasteiger partial charge in [0.05, 0.1) is 12.1 Å². The Kier molecular flexibility index (Phi) is 8.83. The lowest BCUT2D eigenvalue weighted by Gasteiger charge is -2.27. The van der Waals surface area contributed by atoms with Crippen molar-refractivity contribution in [2.75, 3.05) is 13.1 Å². The molecule has 2 bridgehead atoms. The van der Waals surface area contributed by atoms with Gasteiger partial charge in [0, 0.05) is 29.0 Å². The predicted molar refractivity (Wildman–Crippen MR) is 117 cm³/mol. The smallest absolute Gasteiger partial charge is 0.229 e. The number of fused-ring (bicyclic) bond motifs is 2. The molecule has 0 radical (unpaired) electrons. The largest absolute Gasteiger partial charge is 0.486 e. The maximum Gasteiger partial charge on any atom is 0.229 e. The standard InChI is InChI=1S/C19H22ClN3O2S.2ClH/c20-13-1-5-17(6-2-13)25-11-18-22-14(12-26-18)9-19(24)23-15-3-4-16(23)10-21-8-7-15;;/h1-2,5-6,12,15-16,21H,3-4,7-11H2;2*1H. The van der Waals surface area contributed by atoms with Crippen molar-refractivity contribution in [2.45, 2.75) is 44.4 Å². The molecule has 0 spiro atoms. The molecule has 2 atom stereocenters. The molecule has 2 unspecified atom stereocenters. The molecule has 1 aromatic heterocycles. The summed E-state index contributed by atoms with van der Waals surface area (Å²) in [5.74, 6) is 0.965. The first-order chi connectivity index (χ1) is 12.7. The van der Waals surface area contributed by atoms with E-state index in [-0.39, 0.29) is 30.7 Å². The van der Waals surface area contributed by atoms with Crippen LogP contribution in [0.2, 0.25) is 5.02 Å². The number of halogens is 3. The average Bonchev–Trinajstić information content (AvgIpc) is 3.17. The lowest BCUT2D eigenvalue weighted by Crippen LogP contribution is -2.43. The summed E-state index contributed by atoms with van der Waals surface area (Å²) >= 11 is 7.41. The van der Waals surface area contributed by atoms with E-state index in [4.69, 9.17) is 16.3 Å². The van der Waals surface area contributed by atoms with Crippen molar-refractivity contribution in [2.24, 2.45) is 0 Å². The molecule has 5 nitrogen and oxygen atoms in total. The Morgan fingerprint density at radius 3 is 2.75 bits per heavy atom. The first kappa shape index (κ1) is 23.2. The number of benzene rings is 1. The Hall–Kier alpha value is -1.05. The SMILES string of the molecule is Cl.Cl.O=C(Cc1csc(COc2ccc(Cl)cc2)n1)N1C2CCNCC1CC2. The molecule has 1 amide bonds. The third-order valence-electron chi connectivity index (χ3n) is 5.05. The predicted octanol–water partition coefficient (Wildman–Crippen LogP) is 4.11. The number of nitrogens with one attached hydrogen (secondary N) is 1. The third kappa shape index (κ3) is 5.51. The number of hydrogen-bond donors (Lipinski definition) is 1. The van der Waals surface area contributed by atoms with E-state index in [0.717, 1.165) is 48.8 Å². The van der Waals surface area contributed by atoms with Crippen LogP contribution in [0.15, 0.2) is 29.6 Å².